The van der Waals surface area contributed by atoms with Gasteiger partial charge in [-0.05, 0) is 69.6 Å². The molecule has 186 valence electrons. The van der Waals surface area contributed by atoms with Crippen molar-refractivity contribution in [2.24, 2.45) is 5.92 Å². The first-order valence-corrected chi connectivity index (χ1v) is 13.3. The fourth-order valence-electron chi connectivity index (χ4n) is 5.06. The Kier molecular flexibility index (Phi) is 6.93. The van der Waals surface area contributed by atoms with Crippen LogP contribution in [0.4, 0.5) is 11.6 Å². The second kappa shape index (κ2) is 10.3. The van der Waals surface area contributed by atoms with Crippen molar-refractivity contribution in [3.63, 3.8) is 0 Å². The lowest BCUT2D eigenvalue weighted by molar-refractivity contribution is 0.0950. The van der Waals surface area contributed by atoms with E-state index in [9.17, 15) is 4.79 Å². The van der Waals surface area contributed by atoms with Crippen molar-refractivity contribution < 1.29 is 4.79 Å². The second-order valence-corrected chi connectivity index (χ2v) is 10.6. The molecule has 5 rings (SSSR count). The molecule has 2 saturated carbocycles. The zero-order valence-electron chi connectivity index (χ0n) is 21.2. The van der Waals surface area contributed by atoms with Gasteiger partial charge in [-0.3, -0.25) is 4.79 Å². The van der Waals surface area contributed by atoms with Gasteiger partial charge in [-0.1, -0.05) is 37.8 Å². The summed E-state index contributed by atoms with van der Waals surface area (Å²) in [5.74, 6) is 2.53. The van der Waals surface area contributed by atoms with Gasteiger partial charge in [0.05, 0.1) is 6.20 Å². The first kappa shape index (κ1) is 23.6. The van der Waals surface area contributed by atoms with E-state index in [0.29, 0.717) is 12.0 Å². The van der Waals surface area contributed by atoms with E-state index in [0.717, 1.165) is 58.9 Å². The van der Waals surface area contributed by atoms with E-state index in [1.807, 2.05) is 29.8 Å². The van der Waals surface area contributed by atoms with Crippen molar-refractivity contribution in [2.45, 2.75) is 84.2 Å². The molecule has 2 aromatic heterocycles. The quantitative estimate of drug-likeness (QED) is 0.359. The standard InChI is InChI=1S/C28H38N6O/c1-18(2)31-25-15-26(29-16-20-8-6-4-5-7-9-20)34-27(33-25)24(17-30-34)21-10-13-23(19(3)14-21)28(35)32-22-11-12-22/h10,13-15,17-18,20,22,29H,4-9,11-12,16H2,1-3H3,(H,31,33)(H,32,35). The van der Waals surface area contributed by atoms with Crippen molar-refractivity contribution in [1.29, 1.82) is 0 Å². The monoisotopic (exact) mass is 474 g/mol. The Morgan fingerprint density at radius 2 is 1.86 bits per heavy atom. The van der Waals surface area contributed by atoms with Gasteiger partial charge in [0.1, 0.15) is 11.6 Å². The Bertz CT molecular complexity index is 1190. The Hall–Kier alpha value is -3.09. The maximum Gasteiger partial charge on any atom is 0.251 e. The minimum Gasteiger partial charge on any atom is -0.370 e. The molecule has 0 saturated heterocycles. The summed E-state index contributed by atoms with van der Waals surface area (Å²) in [5.41, 5.74) is 4.49. The van der Waals surface area contributed by atoms with Crippen molar-refractivity contribution in [2.75, 3.05) is 17.2 Å². The van der Waals surface area contributed by atoms with Crippen LogP contribution in [0, 0.1) is 12.8 Å². The van der Waals surface area contributed by atoms with Gasteiger partial charge in [0, 0.05) is 35.8 Å². The molecule has 0 spiro atoms. The minimum absolute atomic E-state index is 0.0166. The van der Waals surface area contributed by atoms with Gasteiger partial charge in [-0.25, -0.2) is 4.98 Å². The third-order valence-electron chi connectivity index (χ3n) is 7.15. The maximum absolute atomic E-state index is 12.6. The van der Waals surface area contributed by atoms with Crippen LogP contribution in [-0.4, -0.2) is 39.1 Å². The van der Waals surface area contributed by atoms with Gasteiger partial charge in [0.15, 0.2) is 5.65 Å². The molecule has 35 heavy (non-hydrogen) atoms. The summed E-state index contributed by atoms with van der Waals surface area (Å²) in [5, 5.41) is 15.0. The van der Waals surface area contributed by atoms with Crippen LogP contribution in [0.1, 0.15) is 81.1 Å². The number of aromatic nitrogens is 3. The lowest BCUT2D eigenvalue weighted by atomic mass is 10.0. The number of carbonyl (C=O) groups is 1. The normalized spacial score (nSPS) is 16.9. The van der Waals surface area contributed by atoms with E-state index >= 15 is 0 Å². The number of hydrogen-bond donors (Lipinski definition) is 3. The number of hydrogen-bond acceptors (Lipinski definition) is 5. The first-order valence-electron chi connectivity index (χ1n) is 13.3. The van der Waals surface area contributed by atoms with Gasteiger partial charge < -0.3 is 16.0 Å². The Balaban J connectivity index is 1.45. The largest absolute Gasteiger partial charge is 0.370 e. The molecule has 2 heterocycles. The number of nitrogens with one attached hydrogen (secondary N) is 3. The molecule has 0 unspecified atom stereocenters. The van der Waals surface area contributed by atoms with E-state index in [2.05, 4.69) is 41.9 Å². The molecule has 1 aromatic carbocycles. The second-order valence-electron chi connectivity index (χ2n) is 10.6. The summed E-state index contributed by atoms with van der Waals surface area (Å²) < 4.78 is 1.92. The molecule has 2 aliphatic rings. The lowest BCUT2D eigenvalue weighted by Gasteiger charge is -2.18. The van der Waals surface area contributed by atoms with Crippen molar-refractivity contribution in [3.8, 4) is 11.1 Å². The summed E-state index contributed by atoms with van der Waals surface area (Å²) in [7, 11) is 0. The van der Waals surface area contributed by atoms with E-state index < -0.39 is 0 Å². The number of aryl methyl sites for hydroxylation is 1. The van der Waals surface area contributed by atoms with E-state index in [-0.39, 0.29) is 11.9 Å². The van der Waals surface area contributed by atoms with Crippen LogP contribution in [0.15, 0.2) is 30.5 Å². The van der Waals surface area contributed by atoms with Crippen LogP contribution in [0.2, 0.25) is 0 Å². The third kappa shape index (κ3) is 5.60. The van der Waals surface area contributed by atoms with Gasteiger partial charge in [0.25, 0.3) is 5.91 Å². The molecular formula is C28H38N6O. The average Bonchev–Trinajstić information content (AvgIpc) is 3.59. The highest BCUT2D eigenvalue weighted by Gasteiger charge is 2.24. The summed E-state index contributed by atoms with van der Waals surface area (Å²) in [6, 6.07) is 8.69. The fraction of sp³-hybridized carbons (Fsp3) is 0.536. The summed E-state index contributed by atoms with van der Waals surface area (Å²) in [6.45, 7) is 7.20. The molecule has 0 bridgehead atoms. The van der Waals surface area contributed by atoms with Crippen molar-refractivity contribution >= 4 is 23.2 Å². The molecule has 0 atom stereocenters. The predicted octanol–water partition coefficient (Wildman–Crippen LogP) is 5.80. The van der Waals surface area contributed by atoms with Crippen LogP contribution in [-0.2, 0) is 0 Å². The molecule has 2 fully saturated rings. The number of benzene rings is 1. The highest BCUT2D eigenvalue weighted by Crippen LogP contribution is 2.30. The number of anilines is 2. The van der Waals surface area contributed by atoms with Crippen LogP contribution in [0.25, 0.3) is 16.8 Å². The zero-order chi connectivity index (χ0) is 24.4. The molecular weight excluding hydrogens is 436 g/mol. The number of rotatable bonds is 8. The number of nitrogens with zero attached hydrogens (tertiary/aromatic N) is 3. The molecule has 0 radical (unpaired) electrons. The first-order chi connectivity index (χ1) is 17.0. The summed E-state index contributed by atoms with van der Waals surface area (Å²) >= 11 is 0. The molecule has 3 N–H and O–H groups in total. The number of amides is 1. The molecule has 7 nitrogen and oxygen atoms in total. The summed E-state index contributed by atoms with van der Waals surface area (Å²) in [6.07, 6.45) is 12.0. The van der Waals surface area contributed by atoms with E-state index in [1.54, 1.807) is 0 Å². The molecule has 3 aromatic rings. The third-order valence-corrected chi connectivity index (χ3v) is 7.15. The molecule has 1 amide bonds. The number of fused-ring (bicyclic) bond motifs is 1. The Morgan fingerprint density at radius 1 is 1.09 bits per heavy atom. The van der Waals surface area contributed by atoms with E-state index in [4.69, 9.17) is 10.1 Å². The van der Waals surface area contributed by atoms with Crippen molar-refractivity contribution in [1.82, 2.24) is 19.9 Å². The van der Waals surface area contributed by atoms with Gasteiger partial charge >= 0.3 is 0 Å². The zero-order valence-corrected chi connectivity index (χ0v) is 21.2. The SMILES string of the molecule is Cc1cc(-c2cnn3c(NCC4CCCCCC4)cc(NC(C)C)nc23)ccc1C(=O)NC1CC1. The smallest absolute Gasteiger partial charge is 0.251 e. The fourth-order valence-corrected chi connectivity index (χ4v) is 5.06. The van der Waals surface area contributed by atoms with Crippen LogP contribution >= 0.6 is 0 Å². The molecule has 0 aliphatic heterocycles. The Morgan fingerprint density at radius 3 is 2.54 bits per heavy atom. The topological polar surface area (TPSA) is 83.3 Å². The van der Waals surface area contributed by atoms with Crippen LogP contribution < -0.4 is 16.0 Å². The van der Waals surface area contributed by atoms with Crippen LogP contribution in [0.5, 0.6) is 0 Å². The highest BCUT2D eigenvalue weighted by molar-refractivity contribution is 5.97. The Labute approximate surface area is 208 Å². The molecule has 2 aliphatic carbocycles. The number of carbonyl (C=O) groups excluding carboxylic acids is 1. The van der Waals surface area contributed by atoms with Gasteiger partial charge in [0.2, 0.25) is 0 Å². The maximum atomic E-state index is 12.6. The van der Waals surface area contributed by atoms with Gasteiger partial charge in [-0.15, -0.1) is 0 Å². The van der Waals surface area contributed by atoms with Crippen molar-refractivity contribution in [3.05, 3.63) is 41.6 Å². The predicted molar refractivity (Wildman–Crippen MR) is 142 cm³/mol. The van der Waals surface area contributed by atoms with Crippen LogP contribution in [0.3, 0.4) is 0 Å². The van der Waals surface area contributed by atoms with Gasteiger partial charge in [-0.2, -0.15) is 9.61 Å². The minimum atomic E-state index is 0.0166. The highest BCUT2D eigenvalue weighted by atomic mass is 16.1. The lowest BCUT2D eigenvalue weighted by Crippen LogP contribution is -2.26. The molecule has 7 heteroatoms. The average molecular weight is 475 g/mol. The van der Waals surface area contributed by atoms with E-state index in [1.165, 1.54) is 38.5 Å². The summed E-state index contributed by atoms with van der Waals surface area (Å²) in [4.78, 5) is 17.5.